The highest BCUT2D eigenvalue weighted by atomic mass is 16.5. The molecule has 0 aromatic heterocycles. The highest BCUT2D eigenvalue weighted by Gasteiger charge is 2.41. The van der Waals surface area contributed by atoms with Gasteiger partial charge in [0.2, 0.25) is 0 Å². The first-order valence-corrected chi connectivity index (χ1v) is 4.62. The minimum absolute atomic E-state index is 0.0509. The van der Waals surface area contributed by atoms with Gasteiger partial charge in [-0.25, -0.2) is 0 Å². The molecular weight excluding hydrogens is 188 g/mol. The van der Waals surface area contributed by atoms with Crippen molar-refractivity contribution in [3.63, 3.8) is 0 Å². The van der Waals surface area contributed by atoms with Crippen LogP contribution >= 0.6 is 0 Å². The minimum Gasteiger partial charge on any atom is -0.388 e. The molecule has 1 saturated heterocycles. The topological polar surface area (TPSA) is 87.0 Å². The van der Waals surface area contributed by atoms with E-state index in [1.54, 1.807) is 6.92 Å². The molecule has 1 heterocycles. The molecular formula is C9H16O5. The predicted molar refractivity (Wildman–Crippen MR) is 47.7 cm³/mol. The van der Waals surface area contributed by atoms with E-state index in [9.17, 15) is 20.1 Å². The van der Waals surface area contributed by atoms with Crippen LogP contribution < -0.4 is 0 Å². The minimum atomic E-state index is -1.25. The van der Waals surface area contributed by atoms with E-state index in [1.807, 2.05) is 0 Å². The molecule has 1 fully saturated rings. The van der Waals surface area contributed by atoms with Gasteiger partial charge in [-0.05, 0) is 13.8 Å². The van der Waals surface area contributed by atoms with Crippen LogP contribution in [-0.2, 0) is 9.53 Å². The summed E-state index contributed by atoms with van der Waals surface area (Å²) < 4.78 is 5.21. The third-order valence-electron chi connectivity index (χ3n) is 2.44. The summed E-state index contributed by atoms with van der Waals surface area (Å²) in [5.41, 5.74) is 0. The molecule has 0 unspecified atom stereocenters. The normalized spacial score (nSPS) is 43.6. The Labute approximate surface area is 82.3 Å². The molecule has 14 heavy (non-hydrogen) atoms. The average Bonchev–Trinajstić information content (AvgIpc) is 2.10. The molecule has 5 atom stereocenters. The van der Waals surface area contributed by atoms with E-state index >= 15 is 0 Å². The Morgan fingerprint density at radius 3 is 2.29 bits per heavy atom. The molecule has 5 nitrogen and oxygen atoms in total. The SMILES string of the molecule is CC(=O)C[C@H]1O[C@H](C)[C@@H](O)[C@@H](O)[C@@H]1O. The van der Waals surface area contributed by atoms with Crippen LogP contribution in [0, 0.1) is 0 Å². The summed E-state index contributed by atoms with van der Waals surface area (Å²) >= 11 is 0. The number of aliphatic hydroxyl groups excluding tert-OH is 3. The maximum Gasteiger partial charge on any atom is 0.132 e. The van der Waals surface area contributed by atoms with Crippen LogP contribution in [0.3, 0.4) is 0 Å². The lowest BCUT2D eigenvalue weighted by Crippen LogP contribution is -2.56. The number of hydrogen-bond acceptors (Lipinski definition) is 5. The van der Waals surface area contributed by atoms with Gasteiger partial charge < -0.3 is 20.1 Å². The third kappa shape index (κ3) is 2.30. The molecule has 3 N–H and O–H groups in total. The van der Waals surface area contributed by atoms with Crippen LogP contribution in [-0.4, -0.2) is 51.6 Å². The van der Waals surface area contributed by atoms with Gasteiger partial charge in [-0.15, -0.1) is 0 Å². The molecule has 0 bridgehead atoms. The fourth-order valence-electron chi connectivity index (χ4n) is 1.59. The Balaban J connectivity index is 2.65. The van der Waals surface area contributed by atoms with Crippen molar-refractivity contribution < 1.29 is 24.9 Å². The van der Waals surface area contributed by atoms with Crippen molar-refractivity contribution in [3.8, 4) is 0 Å². The zero-order valence-electron chi connectivity index (χ0n) is 8.25. The molecule has 0 aromatic carbocycles. The molecule has 1 aliphatic heterocycles. The van der Waals surface area contributed by atoms with Crippen molar-refractivity contribution >= 4 is 5.78 Å². The van der Waals surface area contributed by atoms with E-state index < -0.39 is 30.5 Å². The van der Waals surface area contributed by atoms with Gasteiger partial charge in [0, 0.05) is 6.42 Å². The Hall–Kier alpha value is -0.490. The Bertz CT molecular complexity index is 217. The van der Waals surface area contributed by atoms with Gasteiger partial charge in [0.25, 0.3) is 0 Å². The highest BCUT2D eigenvalue weighted by Crippen LogP contribution is 2.22. The van der Waals surface area contributed by atoms with Crippen molar-refractivity contribution in [1.29, 1.82) is 0 Å². The second kappa shape index (κ2) is 4.35. The van der Waals surface area contributed by atoms with Gasteiger partial charge in [-0.3, -0.25) is 4.79 Å². The number of Topliss-reactive ketones (excluding diaryl/α,β-unsaturated/α-hetero) is 1. The molecule has 1 aliphatic rings. The molecule has 0 aliphatic carbocycles. The van der Waals surface area contributed by atoms with Crippen molar-refractivity contribution in [2.45, 2.75) is 50.8 Å². The molecule has 82 valence electrons. The van der Waals surface area contributed by atoms with Gasteiger partial charge in [0.05, 0.1) is 12.2 Å². The number of carbonyl (C=O) groups is 1. The Morgan fingerprint density at radius 1 is 1.21 bits per heavy atom. The summed E-state index contributed by atoms with van der Waals surface area (Å²) in [5.74, 6) is -0.121. The monoisotopic (exact) mass is 204 g/mol. The number of carbonyl (C=O) groups excluding carboxylic acids is 1. The van der Waals surface area contributed by atoms with Crippen LogP contribution in [0.15, 0.2) is 0 Å². The fraction of sp³-hybridized carbons (Fsp3) is 0.889. The van der Waals surface area contributed by atoms with E-state index in [1.165, 1.54) is 6.92 Å². The molecule has 0 spiro atoms. The van der Waals surface area contributed by atoms with E-state index in [0.717, 1.165) is 0 Å². The van der Waals surface area contributed by atoms with Crippen LogP contribution in [0.2, 0.25) is 0 Å². The fourth-order valence-corrected chi connectivity index (χ4v) is 1.59. The van der Waals surface area contributed by atoms with Crippen molar-refractivity contribution in [2.75, 3.05) is 0 Å². The smallest absolute Gasteiger partial charge is 0.132 e. The van der Waals surface area contributed by atoms with Crippen LogP contribution in [0.25, 0.3) is 0 Å². The summed E-state index contributed by atoms with van der Waals surface area (Å²) in [4.78, 5) is 10.8. The lowest BCUT2D eigenvalue weighted by molar-refractivity contribution is -0.217. The van der Waals surface area contributed by atoms with Gasteiger partial charge in [0.1, 0.15) is 24.1 Å². The van der Waals surface area contributed by atoms with E-state index in [0.29, 0.717) is 0 Å². The van der Waals surface area contributed by atoms with E-state index in [-0.39, 0.29) is 12.2 Å². The first-order chi connectivity index (χ1) is 6.43. The van der Waals surface area contributed by atoms with Gasteiger partial charge in [0.15, 0.2) is 0 Å². The maximum absolute atomic E-state index is 10.8. The first-order valence-electron chi connectivity index (χ1n) is 4.62. The second-order valence-corrected chi connectivity index (χ2v) is 3.76. The molecule has 0 aromatic rings. The largest absolute Gasteiger partial charge is 0.388 e. The standard InChI is InChI=1S/C9H16O5/c1-4(10)3-6-8(12)9(13)7(11)5(2)14-6/h5-9,11-13H,3H2,1-2H3/t5-,6-,7-,8-,9-/m1/s1. The van der Waals surface area contributed by atoms with E-state index in [4.69, 9.17) is 4.74 Å². The number of hydrogen-bond donors (Lipinski definition) is 3. The molecule has 0 amide bonds. The van der Waals surface area contributed by atoms with Gasteiger partial charge in [-0.2, -0.15) is 0 Å². The molecule has 0 saturated carbocycles. The highest BCUT2D eigenvalue weighted by molar-refractivity contribution is 5.76. The predicted octanol–water partition coefficient (Wildman–Crippen LogP) is -1.16. The number of rotatable bonds is 2. The third-order valence-corrected chi connectivity index (χ3v) is 2.44. The van der Waals surface area contributed by atoms with Gasteiger partial charge >= 0.3 is 0 Å². The first kappa shape index (κ1) is 11.6. The summed E-state index contributed by atoms with van der Waals surface area (Å²) in [6.07, 6.45) is -4.80. The lowest BCUT2D eigenvalue weighted by atomic mass is 9.93. The van der Waals surface area contributed by atoms with Crippen LogP contribution in [0.1, 0.15) is 20.3 Å². The zero-order valence-corrected chi connectivity index (χ0v) is 8.25. The summed E-state index contributed by atoms with van der Waals surface area (Å²) in [5, 5.41) is 28.2. The summed E-state index contributed by atoms with van der Waals surface area (Å²) in [6, 6.07) is 0. The molecule has 1 rings (SSSR count). The van der Waals surface area contributed by atoms with E-state index in [2.05, 4.69) is 0 Å². The summed E-state index contributed by atoms with van der Waals surface area (Å²) in [6.45, 7) is 2.98. The Kier molecular flexibility index (Phi) is 3.60. The molecule has 0 radical (unpaired) electrons. The quantitative estimate of drug-likeness (QED) is 0.528. The lowest BCUT2D eigenvalue weighted by Gasteiger charge is -2.39. The number of aliphatic hydroxyl groups is 3. The second-order valence-electron chi connectivity index (χ2n) is 3.76. The maximum atomic E-state index is 10.8. The average molecular weight is 204 g/mol. The number of ketones is 1. The van der Waals surface area contributed by atoms with Crippen molar-refractivity contribution in [3.05, 3.63) is 0 Å². The van der Waals surface area contributed by atoms with Crippen LogP contribution in [0.5, 0.6) is 0 Å². The van der Waals surface area contributed by atoms with Gasteiger partial charge in [-0.1, -0.05) is 0 Å². The van der Waals surface area contributed by atoms with Crippen molar-refractivity contribution in [2.24, 2.45) is 0 Å². The van der Waals surface area contributed by atoms with Crippen LogP contribution in [0.4, 0.5) is 0 Å². The Morgan fingerprint density at radius 2 is 1.79 bits per heavy atom. The number of ether oxygens (including phenoxy) is 1. The zero-order chi connectivity index (χ0) is 10.9. The summed E-state index contributed by atoms with van der Waals surface area (Å²) in [7, 11) is 0. The molecule has 5 heteroatoms. The van der Waals surface area contributed by atoms with Crippen molar-refractivity contribution in [1.82, 2.24) is 0 Å².